The maximum atomic E-state index is 8.23. The summed E-state index contributed by atoms with van der Waals surface area (Å²) in [5.74, 6) is 0. The summed E-state index contributed by atoms with van der Waals surface area (Å²) in [6, 6.07) is 2.13. The smallest absolute Gasteiger partial charge is 0.0622 e. The number of rotatable bonds is 7. The van der Waals surface area contributed by atoms with Gasteiger partial charge in [-0.05, 0) is 25.9 Å². The summed E-state index contributed by atoms with van der Waals surface area (Å²) in [6.07, 6.45) is 5.53. The number of hydrogen-bond donors (Lipinski definition) is 1. The molecule has 0 fully saturated rings. The van der Waals surface area contributed by atoms with Crippen LogP contribution in [0.15, 0.2) is 0 Å². The van der Waals surface area contributed by atoms with E-state index in [-0.39, 0.29) is 0 Å². The summed E-state index contributed by atoms with van der Waals surface area (Å²) in [4.78, 5) is 0. The fourth-order valence-electron chi connectivity index (χ4n) is 0.917. The standard InChI is InChI=1S/C9H18N2/c1-2-3-5-8-11-9-6-4-7-10/h11H,2-6,8-9H2,1H3. The lowest BCUT2D eigenvalue weighted by molar-refractivity contribution is 0.603. The molecule has 0 atom stereocenters. The maximum absolute atomic E-state index is 8.23. The molecular weight excluding hydrogens is 136 g/mol. The van der Waals surface area contributed by atoms with Gasteiger partial charge in [0.05, 0.1) is 6.07 Å². The van der Waals surface area contributed by atoms with E-state index in [1.807, 2.05) is 0 Å². The van der Waals surface area contributed by atoms with Crippen molar-refractivity contribution >= 4 is 0 Å². The molecule has 1 N–H and O–H groups in total. The van der Waals surface area contributed by atoms with Gasteiger partial charge < -0.3 is 5.32 Å². The molecule has 0 radical (unpaired) electrons. The predicted octanol–water partition coefficient (Wildman–Crippen LogP) is 2.07. The molecule has 0 aliphatic carbocycles. The summed E-state index contributed by atoms with van der Waals surface area (Å²) in [5, 5.41) is 11.5. The summed E-state index contributed by atoms with van der Waals surface area (Å²) < 4.78 is 0. The second-order valence-electron chi connectivity index (χ2n) is 2.72. The second-order valence-corrected chi connectivity index (χ2v) is 2.72. The summed E-state index contributed by atoms with van der Waals surface area (Å²) in [5.41, 5.74) is 0. The zero-order chi connectivity index (χ0) is 8.36. The van der Waals surface area contributed by atoms with Gasteiger partial charge in [-0.2, -0.15) is 5.26 Å². The Kier molecular flexibility index (Phi) is 8.98. The maximum Gasteiger partial charge on any atom is 0.0622 e. The number of nitrogens with one attached hydrogen (secondary N) is 1. The summed E-state index contributed by atoms with van der Waals surface area (Å²) in [6.45, 7) is 4.31. The normalized spacial score (nSPS) is 9.45. The molecule has 0 rings (SSSR count). The third-order valence-electron chi connectivity index (χ3n) is 1.60. The van der Waals surface area contributed by atoms with Gasteiger partial charge in [0, 0.05) is 6.42 Å². The van der Waals surface area contributed by atoms with Crippen LogP contribution in [0, 0.1) is 11.3 Å². The van der Waals surface area contributed by atoms with Crippen LogP contribution in [0.2, 0.25) is 0 Å². The largest absolute Gasteiger partial charge is 0.317 e. The first-order chi connectivity index (χ1) is 5.41. The minimum Gasteiger partial charge on any atom is -0.317 e. The Balaban J connectivity index is 2.75. The Morgan fingerprint density at radius 1 is 1.18 bits per heavy atom. The van der Waals surface area contributed by atoms with E-state index in [2.05, 4.69) is 18.3 Å². The van der Waals surface area contributed by atoms with Gasteiger partial charge in [0.1, 0.15) is 0 Å². The Morgan fingerprint density at radius 2 is 1.91 bits per heavy atom. The molecular formula is C9H18N2. The van der Waals surface area contributed by atoms with Gasteiger partial charge in [0.15, 0.2) is 0 Å². The third-order valence-corrected chi connectivity index (χ3v) is 1.60. The average Bonchev–Trinajstić information content (AvgIpc) is 2.03. The highest BCUT2D eigenvalue weighted by Gasteiger charge is 1.86. The molecule has 11 heavy (non-hydrogen) atoms. The van der Waals surface area contributed by atoms with Crippen LogP contribution in [0.25, 0.3) is 0 Å². The van der Waals surface area contributed by atoms with E-state index < -0.39 is 0 Å². The van der Waals surface area contributed by atoms with Crippen molar-refractivity contribution < 1.29 is 0 Å². The monoisotopic (exact) mass is 154 g/mol. The number of hydrogen-bond acceptors (Lipinski definition) is 2. The van der Waals surface area contributed by atoms with Crippen LogP contribution in [-0.2, 0) is 0 Å². The minimum absolute atomic E-state index is 0.681. The molecule has 2 heteroatoms. The van der Waals surface area contributed by atoms with Crippen LogP contribution in [0.5, 0.6) is 0 Å². The molecule has 0 bridgehead atoms. The first-order valence-corrected chi connectivity index (χ1v) is 4.49. The summed E-state index contributed by atoms with van der Waals surface area (Å²) >= 11 is 0. The molecule has 0 heterocycles. The van der Waals surface area contributed by atoms with Crippen molar-refractivity contribution in [2.75, 3.05) is 13.1 Å². The first kappa shape index (κ1) is 10.4. The molecule has 0 saturated carbocycles. The van der Waals surface area contributed by atoms with E-state index in [9.17, 15) is 0 Å². The Hall–Kier alpha value is -0.550. The Labute approximate surface area is 69.6 Å². The highest BCUT2D eigenvalue weighted by molar-refractivity contribution is 4.68. The van der Waals surface area contributed by atoms with Crippen LogP contribution in [0.1, 0.15) is 39.0 Å². The average molecular weight is 154 g/mol. The minimum atomic E-state index is 0.681. The van der Waals surface area contributed by atoms with E-state index in [1.54, 1.807) is 0 Å². The lowest BCUT2D eigenvalue weighted by Gasteiger charge is -2.00. The van der Waals surface area contributed by atoms with E-state index in [0.717, 1.165) is 19.5 Å². The highest BCUT2D eigenvalue weighted by Crippen LogP contribution is 1.91. The zero-order valence-corrected chi connectivity index (χ0v) is 7.40. The molecule has 0 spiro atoms. The van der Waals surface area contributed by atoms with Gasteiger partial charge in [-0.1, -0.05) is 19.8 Å². The fourth-order valence-corrected chi connectivity index (χ4v) is 0.917. The SMILES string of the molecule is CCCCCNCCCC#N. The first-order valence-electron chi connectivity index (χ1n) is 4.49. The fraction of sp³-hybridized carbons (Fsp3) is 0.889. The van der Waals surface area contributed by atoms with Crippen LogP contribution in [0.4, 0.5) is 0 Å². The van der Waals surface area contributed by atoms with E-state index in [4.69, 9.17) is 5.26 Å². The molecule has 0 aliphatic heterocycles. The lowest BCUT2D eigenvalue weighted by Crippen LogP contribution is -2.16. The Morgan fingerprint density at radius 3 is 2.55 bits per heavy atom. The summed E-state index contributed by atoms with van der Waals surface area (Å²) in [7, 11) is 0. The van der Waals surface area contributed by atoms with Gasteiger partial charge in [0.2, 0.25) is 0 Å². The molecule has 0 unspecified atom stereocenters. The predicted molar refractivity (Wildman–Crippen MR) is 47.2 cm³/mol. The van der Waals surface area contributed by atoms with Crippen molar-refractivity contribution in [3.05, 3.63) is 0 Å². The van der Waals surface area contributed by atoms with Crippen molar-refractivity contribution in [1.29, 1.82) is 5.26 Å². The molecule has 0 saturated heterocycles. The van der Waals surface area contributed by atoms with Gasteiger partial charge in [-0.3, -0.25) is 0 Å². The van der Waals surface area contributed by atoms with Crippen LogP contribution < -0.4 is 5.32 Å². The van der Waals surface area contributed by atoms with Crippen molar-refractivity contribution in [3.8, 4) is 6.07 Å². The highest BCUT2D eigenvalue weighted by atomic mass is 14.8. The van der Waals surface area contributed by atoms with Crippen LogP contribution in [0.3, 0.4) is 0 Å². The topological polar surface area (TPSA) is 35.8 Å². The van der Waals surface area contributed by atoms with Gasteiger partial charge in [0.25, 0.3) is 0 Å². The molecule has 0 aromatic carbocycles. The van der Waals surface area contributed by atoms with Crippen molar-refractivity contribution in [2.45, 2.75) is 39.0 Å². The number of nitrogens with zero attached hydrogens (tertiary/aromatic N) is 1. The molecule has 64 valence electrons. The van der Waals surface area contributed by atoms with Gasteiger partial charge >= 0.3 is 0 Å². The molecule has 2 nitrogen and oxygen atoms in total. The van der Waals surface area contributed by atoms with E-state index in [0.29, 0.717) is 6.42 Å². The molecule has 0 aromatic rings. The number of nitriles is 1. The van der Waals surface area contributed by atoms with Gasteiger partial charge in [-0.15, -0.1) is 0 Å². The van der Waals surface area contributed by atoms with Crippen molar-refractivity contribution in [2.24, 2.45) is 0 Å². The molecule has 0 aliphatic rings. The zero-order valence-electron chi connectivity index (χ0n) is 7.40. The van der Waals surface area contributed by atoms with Crippen molar-refractivity contribution in [1.82, 2.24) is 5.32 Å². The molecule has 0 aromatic heterocycles. The Bertz CT molecular complexity index is 105. The van der Waals surface area contributed by atoms with E-state index >= 15 is 0 Å². The number of unbranched alkanes of at least 4 members (excludes halogenated alkanes) is 3. The second kappa shape index (κ2) is 9.45. The van der Waals surface area contributed by atoms with Crippen LogP contribution >= 0.6 is 0 Å². The van der Waals surface area contributed by atoms with Gasteiger partial charge in [-0.25, -0.2) is 0 Å². The van der Waals surface area contributed by atoms with Crippen molar-refractivity contribution in [3.63, 3.8) is 0 Å². The quantitative estimate of drug-likeness (QED) is 0.570. The van der Waals surface area contributed by atoms with E-state index in [1.165, 1.54) is 19.3 Å². The molecule has 0 amide bonds. The third kappa shape index (κ3) is 9.45. The lowest BCUT2D eigenvalue weighted by atomic mass is 10.2. The van der Waals surface area contributed by atoms with Crippen LogP contribution in [-0.4, -0.2) is 13.1 Å².